The molecule has 2 N–H and O–H groups in total. The van der Waals surface area contributed by atoms with Gasteiger partial charge in [-0.2, -0.15) is 5.26 Å². The van der Waals surface area contributed by atoms with Crippen LogP contribution in [0.1, 0.15) is 40.8 Å². The number of aromatic amines is 2. The number of benzene rings is 1. The van der Waals surface area contributed by atoms with Crippen molar-refractivity contribution in [2.24, 2.45) is 0 Å². The average molecular weight is 283 g/mol. The molecule has 5 nitrogen and oxygen atoms in total. The van der Waals surface area contributed by atoms with Gasteiger partial charge in [-0.3, -0.25) is 9.78 Å². The van der Waals surface area contributed by atoms with Gasteiger partial charge in [0.25, 0.3) is 5.56 Å². The molecular weight excluding hydrogens is 266 g/mol. The molecule has 0 radical (unpaired) electrons. The summed E-state index contributed by atoms with van der Waals surface area (Å²) >= 11 is 0. The molecule has 0 aliphatic rings. The van der Waals surface area contributed by atoms with Crippen LogP contribution in [-0.2, 0) is 6.42 Å². The van der Waals surface area contributed by atoms with Crippen molar-refractivity contribution >= 4 is 0 Å². The Morgan fingerprint density at radius 2 is 1.76 bits per heavy atom. The number of hydrogen-bond donors (Lipinski definition) is 2. The van der Waals surface area contributed by atoms with Crippen molar-refractivity contribution in [1.82, 2.24) is 9.97 Å². The maximum absolute atomic E-state index is 11.9. The van der Waals surface area contributed by atoms with E-state index in [0.717, 1.165) is 16.7 Å². The zero-order valence-corrected chi connectivity index (χ0v) is 12.3. The molecule has 1 atom stereocenters. The van der Waals surface area contributed by atoms with Crippen LogP contribution in [0.25, 0.3) is 0 Å². The van der Waals surface area contributed by atoms with E-state index in [1.807, 2.05) is 39.0 Å². The Kier molecular flexibility index (Phi) is 4.08. The fraction of sp³-hybridized carbons (Fsp3) is 0.312. The first-order valence-corrected chi connectivity index (χ1v) is 6.79. The van der Waals surface area contributed by atoms with Gasteiger partial charge >= 0.3 is 5.69 Å². The number of aromatic nitrogens is 2. The molecule has 0 fully saturated rings. The van der Waals surface area contributed by atoms with Gasteiger partial charge in [-0.15, -0.1) is 0 Å². The fourth-order valence-electron chi connectivity index (χ4n) is 2.61. The Hall–Kier alpha value is -2.61. The molecule has 0 spiro atoms. The largest absolute Gasteiger partial charge is 0.325 e. The Morgan fingerprint density at radius 1 is 1.14 bits per heavy atom. The average Bonchev–Trinajstić information content (AvgIpc) is 2.38. The van der Waals surface area contributed by atoms with E-state index < -0.39 is 17.2 Å². The second-order valence-corrected chi connectivity index (χ2v) is 5.14. The highest BCUT2D eigenvalue weighted by atomic mass is 16.2. The van der Waals surface area contributed by atoms with E-state index >= 15 is 0 Å². The normalized spacial score (nSPS) is 11.9. The Bertz CT molecular complexity index is 804. The van der Waals surface area contributed by atoms with Crippen LogP contribution in [0.4, 0.5) is 0 Å². The summed E-state index contributed by atoms with van der Waals surface area (Å²) in [5.41, 5.74) is 2.67. The summed E-state index contributed by atoms with van der Waals surface area (Å²) in [7, 11) is 0. The van der Waals surface area contributed by atoms with Crippen molar-refractivity contribution in [1.29, 1.82) is 5.26 Å². The van der Waals surface area contributed by atoms with E-state index in [2.05, 4.69) is 16.0 Å². The molecule has 108 valence electrons. The van der Waals surface area contributed by atoms with Crippen molar-refractivity contribution in [3.05, 3.63) is 67.0 Å². The monoisotopic (exact) mass is 283 g/mol. The van der Waals surface area contributed by atoms with Crippen molar-refractivity contribution in [2.45, 2.75) is 33.1 Å². The van der Waals surface area contributed by atoms with Crippen molar-refractivity contribution < 1.29 is 0 Å². The smallest absolute Gasteiger partial charge is 0.309 e. The van der Waals surface area contributed by atoms with E-state index in [-0.39, 0.29) is 0 Å². The van der Waals surface area contributed by atoms with Gasteiger partial charge in [-0.25, -0.2) is 4.79 Å². The lowest BCUT2D eigenvalue weighted by molar-refractivity contribution is 0.849. The van der Waals surface area contributed by atoms with Crippen LogP contribution in [-0.4, -0.2) is 9.97 Å². The zero-order valence-electron chi connectivity index (χ0n) is 12.3. The molecule has 5 heteroatoms. The Morgan fingerprint density at radius 3 is 2.29 bits per heavy atom. The summed E-state index contributed by atoms with van der Waals surface area (Å²) in [6.07, 6.45) is 0.449. The molecule has 0 amide bonds. The third-order valence-corrected chi connectivity index (χ3v) is 3.42. The predicted octanol–water partition coefficient (Wildman–Crippen LogP) is 1.90. The topological polar surface area (TPSA) is 89.5 Å². The van der Waals surface area contributed by atoms with Gasteiger partial charge in [0.15, 0.2) is 0 Å². The first-order chi connectivity index (χ1) is 9.96. The summed E-state index contributed by atoms with van der Waals surface area (Å²) in [6.45, 7) is 5.72. The lowest BCUT2D eigenvalue weighted by atomic mass is 9.91. The highest BCUT2D eigenvalue weighted by molar-refractivity contribution is 5.41. The lowest BCUT2D eigenvalue weighted by Gasteiger charge is -2.14. The SMILES string of the molecule is CCc1c(C(C#N)c2cc(C)cc(C)c2)[nH]c(=O)[nH]c1=O. The Labute approximate surface area is 122 Å². The van der Waals surface area contributed by atoms with Crippen LogP contribution >= 0.6 is 0 Å². The third kappa shape index (κ3) is 2.95. The highest BCUT2D eigenvalue weighted by Crippen LogP contribution is 2.25. The van der Waals surface area contributed by atoms with Gasteiger partial charge in [-0.1, -0.05) is 36.2 Å². The minimum absolute atomic E-state index is 0.388. The van der Waals surface area contributed by atoms with Crippen molar-refractivity contribution in [3.63, 3.8) is 0 Å². The minimum atomic E-state index is -0.659. The number of hydrogen-bond acceptors (Lipinski definition) is 3. The summed E-state index contributed by atoms with van der Waals surface area (Å²) in [4.78, 5) is 28.3. The quantitative estimate of drug-likeness (QED) is 0.901. The molecule has 1 unspecified atom stereocenters. The molecule has 0 bridgehead atoms. The van der Waals surface area contributed by atoms with Gasteiger partial charge in [0.1, 0.15) is 5.92 Å². The van der Waals surface area contributed by atoms with Crippen LogP contribution in [0.15, 0.2) is 27.8 Å². The molecule has 0 aliphatic heterocycles. The summed E-state index contributed by atoms with van der Waals surface area (Å²) in [6, 6.07) is 8.01. The van der Waals surface area contributed by atoms with Crippen LogP contribution < -0.4 is 11.2 Å². The molecular formula is C16H17N3O2. The van der Waals surface area contributed by atoms with Gasteiger partial charge in [0.2, 0.25) is 0 Å². The fourth-order valence-corrected chi connectivity index (χ4v) is 2.61. The van der Waals surface area contributed by atoms with Crippen LogP contribution in [0, 0.1) is 25.2 Å². The highest BCUT2D eigenvalue weighted by Gasteiger charge is 2.20. The first-order valence-electron chi connectivity index (χ1n) is 6.79. The van der Waals surface area contributed by atoms with Crippen LogP contribution in [0.2, 0.25) is 0 Å². The second-order valence-electron chi connectivity index (χ2n) is 5.14. The number of rotatable bonds is 3. The number of nitrogens with one attached hydrogen (secondary N) is 2. The molecule has 0 saturated heterocycles. The third-order valence-electron chi connectivity index (χ3n) is 3.42. The molecule has 0 saturated carbocycles. The number of nitrogens with zero attached hydrogens (tertiary/aromatic N) is 1. The standard InChI is InChI=1S/C16H17N3O2/c1-4-12-14(18-16(21)19-15(12)20)13(8-17)11-6-9(2)5-10(3)7-11/h5-7,13H,4H2,1-3H3,(H2,18,19,20,21). The number of H-pyrrole nitrogens is 2. The first kappa shape index (κ1) is 14.8. The van der Waals surface area contributed by atoms with Gasteiger partial charge in [0, 0.05) is 11.3 Å². The molecule has 0 aliphatic carbocycles. The molecule has 1 heterocycles. The van der Waals surface area contributed by atoms with Crippen molar-refractivity contribution in [3.8, 4) is 6.07 Å². The van der Waals surface area contributed by atoms with E-state index in [4.69, 9.17) is 0 Å². The summed E-state index contributed by atoms with van der Waals surface area (Å²) < 4.78 is 0. The minimum Gasteiger partial charge on any atom is -0.309 e. The van der Waals surface area contributed by atoms with E-state index in [1.54, 1.807) is 0 Å². The maximum Gasteiger partial charge on any atom is 0.325 e. The molecule has 2 aromatic rings. The van der Waals surface area contributed by atoms with E-state index in [9.17, 15) is 14.9 Å². The second kappa shape index (κ2) is 5.80. The van der Waals surface area contributed by atoms with Crippen molar-refractivity contribution in [2.75, 3.05) is 0 Å². The molecule has 1 aromatic carbocycles. The lowest BCUT2D eigenvalue weighted by Crippen LogP contribution is -2.29. The Balaban J connectivity index is 2.70. The maximum atomic E-state index is 11.9. The molecule has 1 aromatic heterocycles. The molecule has 2 rings (SSSR count). The van der Waals surface area contributed by atoms with Gasteiger partial charge in [-0.05, 0) is 25.8 Å². The summed E-state index contributed by atoms with van der Waals surface area (Å²) in [5, 5.41) is 9.53. The van der Waals surface area contributed by atoms with Gasteiger partial charge < -0.3 is 4.98 Å². The van der Waals surface area contributed by atoms with Crippen LogP contribution in [0.3, 0.4) is 0 Å². The number of aryl methyl sites for hydroxylation is 2. The predicted molar refractivity (Wildman–Crippen MR) is 80.4 cm³/mol. The van der Waals surface area contributed by atoms with Crippen LogP contribution in [0.5, 0.6) is 0 Å². The van der Waals surface area contributed by atoms with Gasteiger partial charge in [0.05, 0.1) is 6.07 Å². The van der Waals surface area contributed by atoms with E-state index in [0.29, 0.717) is 17.7 Å². The van der Waals surface area contributed by atoms with E-state index in [1.165, 1.54) is 0 Å². The molecule has 21 heavy (non-hydrogen) atoms. The number of nitriles is 1. The summed E-state index contributed by atoms with van der Waals surface area (Å²) in [5.74, 6) is -0.659. The zero-order chi connectivity index (χ0) is 15.6.